The third-order valence-electron chi connectivity index (χ3n) is 2.48. The van der Waals surface area contributed by atoms with Gasteiger partial charge in [-0.3, -0.25) is 0 Å². The molecule has 1 aromatic heterocycles. The Labute approximate surface area is 114 Å². The van der Waals surface area contributed by atoms with Crippen molar-refractivity contribution in [3.8, 4) is 22.1 Å². The molecule has 1 aromatic carbocycles. The second-order valence-corrected chi connectivity index (χ2v) is 4.75. The molecule has 96 valence electrons. The largest absolute Gasteiger partial charge is 0.493 e. The van der Waals surface area contributed by atoms with E-state index in [1.54, 1.807) is 14.2 Å². The minimum absolute atomic E-state index is 0.418. The molecule has 0 amide bonds. The highest BCUT2D eigenvalue weighted by molar-refractivity contribution is 7.13. The number of halogens is 1. The van der Waals surface area contributed by atoms with E-state index in [1.807, 2.05) is 17.5 Å². The van der Waals surface area contributed by atoms with Crippen LogP contribution in [0.1, 0.15) is 5.69 Å². The summed E-state index contributed by atoms with van der Waals surface area (Å²) in [6.07, 6.45) is 0. The van der Waals surface area contributed by atoms with Crippen molar-refractivity contribution < 1.29 is 9.47 Å². The number of methoxy groups -OCH3 is 2. The molecule has 0 aliphatic rings. The molecule has 0 atom stereocenters. The van der Waals surface area contributed by atoms with Gasteiger partial charge in [0.2, 0.25) is 0 Å². The van der Waals surface area contributed by atoms with Crippen LogP contribution in [0.2, 0.25) is 5.02 Å². The van der Waals surface area contributed by atoms with Crippen LogP contribution in [-0.2, 0) is 6.54 Å². The van der Waals surface area contributed by atoms with Crippen molar-refractivity contribution in [2.45, 2.75) is 6.54 Å². The van der Waals surface area contributed by atoms with Crippen LogP contribution < -0.4 is 15.2 Å². The van der Waals surface area contributed by atoms with Gasteiger partial charge in [0.15, 0.2) is 11.5 Å². The van der Waals surface area contributed by atoms with Gasteiger partial charge in [0, 0.05) is 17.5 Å². The van der Waals surface area contributed by atoms with Gasteiger partial charge in [-0.1, -0.05) is 11.6 Å². The fourth-order valence-corrected chi connectivity index (χ4v) is 2.82. The zero-order valence-corrected chi connectivity index (χ0v) is 11.6. The predicted molar refractivity (Wildman–Crippen MR) is 73.6 cm³/mol. The third-order valence-corrected chi connectivity index (χ3v) is 3.78. The Balaban J connectivity index is 2.51. The maximum Gasteiger partial charge on any atom is 0.180 e. The zero-order chi connectivity index (χ0) is 13.1. The Hall–Kier alpha value is -1.30. The van der Waals surface area contributed by atoms with Crippen LogP contribution in [0, 0.1) is 0 Å². The molecule has 0 saturated carbocycles. The molecule has 2 N–H and O–H groups in total. The number of rotatable bonds is 4. The number of hydrogen-bond acceptors (Lipinski definition) is 5. The lowest BCUT2D eigenvalue weighted by Crippen LogP contribution is -1.96. The average Bonchev–Trinajstić information content (AvgIpc) is 2.86. The predicted octanol–water partition coefficient (Wildman–Crippen LogP) is 2.94. The Morgan fingerprint density at radius 2 is 2.11 bits per heavy atom. The summed E-state index contributed by atoms with van der Waals surface area (Å²) in [4.78, 5) is 4.40. The van der Waals surface area contributed by atoms with Crippen LogP contribution in [-0.4, -0.2) is 19.2 Å². The molecule has 2 aromatic rings. The molecule has 0 aliphatic heterocycles. The van der Waals surface area contributed by atoms with Gasteiger partial charge in [0.1, 0.15) is 5.01 Å². The van der Waals surface area contributed by atoms with E-state index < -0.39 is 0 Å². The van der Waals surface area contributed by atoms with E-state index in [4.69, 9.17) is 26.8 Å². The summed E-state index contributed by atoms with van der Waals surface area (Å²) in [7, 11) is 3.13. The van der Waals surface area contributed by atoms with E-state index in [2.05, 4.69) is 4.98 Å². The van der Waals surface area contributed by atoms with E-state index in [0.717, 1.165) is 16.3 Å². The molecule has 18 heavy (non-hydrogen) atoms. The molecule has 0 aliphatic carbocycles. The number of hydrogen-bond donors (Lipinski definition) is 1. The number of nitrogens with zero attached hydrogens (tertiary/aromatic N) is 1. The summed E-state index contributed by atoms with van der Waals surface area (Å²) in [5, 5.41) is 3.23. The number of ether oxygens (including phenoxy) is 2. The van der Waals surface area contributed by atoms with Gasteiger partial charge in [-0.15, -0.1) is 11.3 Å². The van der Waals surface area contributed by atoms with Crippen molar-refractivity contribution in [2.75, 3.05) is 14.2 Å². The first-order valence-corrected chi connectivity index (χ1v) is 6.52. The highest BCUT2D eigenvalue weighted by atomic mass is 35.5. The first-order valence-electron chi connectivity index (χ1n) is 5.26. The SMILES string of the molecule is COc1ccc(-c2nc(CN)cs2)c(Cl)c1OC. The van der Waals surface area contributed by atoms with Crippen LogP contribution >= 0.6 is 22.9 Å². The Kier molecular flexibility index (Phi) is 4.06. The van der Waals surface area contributed by atoms with Crippen molar-refractivity contribution in [3.63, 3.8) is 0 Å². The smallest absolute Gasteiger partial charge is 0.180 e. The molecular formula is C12H13ClN2O2S. The maximum atomic E-state index is 6.31. The lowest BCUT2D eigenvalue weighted by Gasteiger charge is -2.11. The van der Waals surface area contributed by atoms with E-state index >= 15 is 0 Å². The van der Waals surface area contributed by atoms with Gasteiger partial charge in [0.05, 0.1) is 24.9 Å². The van der Waals surface area contributed by atoms with Gasteiger partial charge in [-0.05, 0) is 12.1 Å². The normalized spacial score (nSPS) is 10.4. The van der Waals surface area contributed by atoms with Gasteiger partial charge in [-0.25, -0.2) is 4.98 Å². The van der Waals surface area contributed by atoms with Gasteiger partial charge in [-0.2, -0.15) is 0 Å². The van der Waals surface area contributed by atoms with Crippen molar-refractivity contribution in [1.29, 1.82) is 0 Å². The topological polar surface area (TPSA) is 57.4 Å². The molecule has 4 nitrogen and oxygen atoms in total. The number of thiazole rings is 1. The van der Waals surface area contributed by atoms with Crippen molar-refractivity contribution in [1.82, 2.24) is 4.98 Å². The number of benzene rings is 1. The monoisotopic (exact) mass is 284 g/mol. The number of nitrogens with two attached hydrogens (primary N) is 1. The first kappa shape index (κ1) is 13.1. The standard InChI is InChI=1S/C12H13ClN2O2S/c1-16-9-4-3-8(10(13)11(9)17-2)12-15-7(5-14)6-18-12/h3-4,6H,5,14H2,1-2H3. The van der Waals surface area contributed by atoms with Crippen LogP contribution in [0.3, 0.4) is 0 Å². The molecule has 0 fully saturated rings. The van der Waals surface area contributed by atoms with E-state index in [-0.39, 0.29) is 0 Å². The molecule has 0 bridgehead atoms. The lowest BCUT2D eigenvalue weighted by molar-refractivity contribution is 0.355. The molecule has 0 spiro atoms. The Morgan fingerprint density at radius 1 is 1.33 bits per heavy atom. The third kappa shape index (κ3) is 2.29. The number of aromatic nitrogens is 1. The quantitative estimate of drug-likeness (QED) is 0.938. The van der Waals surface area contributed by atoms with Gasteiger partial charge >= 0.3 is 0 Å². The summed E-state index contributed by atoms with van der Waals surface area (Å²) >= 11 is 7.81. The molecule has 1 heterocycles. The Bertz CT molecular complexity index is 557. The lowest BCUT2D eigenvalue weighted by atomic mass is 10.2. The average molecular weight is 285 g/mol. The summed E-state index contributed by atoms with van der Waals surface area (Å²) in [5.74, 6) is 1.11. The summed E-state index contributed by atoms with van der Waals surface area (Å²) < 4.78 is 10.4. The Morgan fingerprint density at radius 3 is 2.67 bits per heavy atom. The van der Waals surface area contributed by atoms with Crippen LogP contribution in [0.4, 0.5) is 0 Å². The summed E-state index contributed by atoms with van der Waals surface area (Å²) in [5.41, 5.74) is 7.21. The fourth-order valence-electron chi connectivity index (χ4n) is 1.58. The molecule has 2 rings (SSSR count). The highest BCUT2D eigenvalue weighted by Gasteiger charge is 2.16. The second-order valence-electron chi connectivity index (χ2n) is 3.51. The van der Waals surface area contributed by atoms with Gasteiger partial charge in [0.25, 0.3) is 0 Å². The van der Waals surface area contributed by atoms with E-state index in [1.165, 1.54) is 11.3 Å². The summed E-state index contributed by atoms with van der Waals surface area (Å²) in [6, 6.07) is 3.67. The molecule has 6 heteroatoms. The minimum Gasteiger partial charge on any atom is -0.493 e. The van der Waals surface area contributed by atoms with Crippen molar-refractivity contribution in [2.24, 2.45) is 5.73 Å². The van der Waals surface area contributed by atoms with E-state index in [9.17, 15) is 0 Å². The van der Waals surface area contributed by atoms with E-state index in [0.29, 0.717) is 23.1 Å². The van der Waals surface area contributed by atoms with Crippen LogP contribution in [0.15, 0.2) is 17.5 Å². The van der Waals surface area contributed by atoms with Crippen LogP contribution in [0.25, 0.3) is 10.6 Å². The van der Waals surface area contributed by atoms with Gasteiger partial charge < -0.3 is 15.2 Å². The second kappa shape index (κ2) is 5.56. The van der Waals surface area contributed by atoms with Crippen LogP contribution in [0.5, 0.6) is 11.5 Å². The van der Waals surface area contributed by atoms with Crippen molar-refractivity contribution >= 4 is 22.9 Å². The molecule has 0 unspecified atom stereocenters. The molecular weight excluding hydrogens is 272 g/mol. The molecule has 0 saturated heterocycles. The highest BCUT2D eigenvalue weighted by Crippen LogP contribution is 2.42. The first-order chi connectivity index (χ1) is 8.71. The zero-order valence-electron chi connectivity index (χ0n) is 10.1. The molecule has 0 radical (unpaired) electrons. The minimum atomic E-state index is 0.418. The fraction of sp³-hybridized carbons (Fsp3) is 0.250. The summed E-state index contributed by atoms with van der Waals surface area (Å²) in [6.45, 7) is 0.418. The maximum absolute atomic E-state index is 6.31. The van der Waals surface area contributed by atoms with Crippen molar-refractivity contribution in [3.05, 3.63) is 28.2 Å².